The lowest BCUT2D eigenvalue weighted by Gasteiger charge is -2.27. The Bertz CT molecular complexity index is 1800. The van der Waals surface area contributed by atoms with Crippen molar-refractivity contribution in [2.45, 2.75) is 39.5 Å². The first-order chi connectivity index (χ1) is 21.2. The number of ketones is 1. The van der Waals surface area contributed by atoms with Crippen molar-refractivity contribution in [2.24, 2.45) is 13.0 Å². The first kappa shape index (κ1) is 29.8. The number of nitrogen functional groups attached to an aromatic ring is 1. The molecule has 0 radical (unpaired) electrons. The average molecular weight is 612 g/mol. The predicted molar refractivity (Wildman–Crippen MR) is 174 cm³/mol. The minimum atomic E-state index is -0.305. The fourth-order valence-corrected chi connectivity index (χ4v) is 7.13. The lowest BCUT2D eigenvalue weighted by Crippen LogP contribution is -2.40. The van der Waals surface area contributed by atoms with E-state index in [9.17, 15) is 14.4 Å². The lowest BCUT2D eigenvalue weighted by atomic mass is 9.90. The molecule has 1 amide bonds. The molecule has 4 aromatic rings. The number of thiophene rings is 1. The summed E-state index contributed by atoms with van der Waals surface area (Å²) in [5.74, 6) is 0.779. The Hall–Kier alpha value is -4.28. The first-order valence-corrected chi connectivity index (χ1v) is 15.8. The maximum atomic E-state index is 13.4. The molecule has 0 spiro atoms. The summed E-state index contributed by atoms with van der Waals surface area (Å²) in [6.45, 7) is 6.32. The molecule has 2 aliphatic rings. The van der Waals surface area contributed by atoms with Crippen molar-refractivity contribution in [1.29, 1.82) is 0 Å². The Labute approximate surface area is 260 Å². The number of morpholine rings is 1. The van der Waals surface area contributed by atoms with Crippen molar-refractivity contribution in [3.8, 4) is 11.3 Å². The van der Waals surface area contributed by atoms with Crippen LogP contribution < -0.4 is 16.6 Å². The van der Waals surface area contributed by atoms with Crippen LogP contribution in [0.4, 0.5) is 17.2 Å². The molecule has 1 aliphatic heterocycles. The van der Waals surface area contributed by atoms with Gasteiger partial charge in [0.2, 0.25) is 0 Å². The number of rotatable bonds is 7. The van der Waals surface area contributed by atoms with Gasteiger partial charge in [-0.15, -0.1) is 11.3 Å². The van der Waals surface area contributed by atoms with Gasteiger partial charge in [0.05, 0.1) is 29.3 Å². The third kappa shape index (κ3) is 6.05. The highest BCUT2D eigenvalue weighted by atomic mass is 32.1. The fraction of sp³-hybridized carbons (Fsp3) is 0.353. The van der Waals surface area contributed by atoms with Gasteiger partial charge in [0.25, 0.3) is 11.5 Å². The van der Waals surface area contributed by atoms with E-state index in [2.05, 4.69) is 18.3 Å². The number of carbonyl (C=O) groups is 2. The SMILES string of the molecule is Cc1c(CC(=O)c2cc3c(s2)CCC(C)C3)cccc1-c1cn(C)c(=O)c(Nc2ccc(C(=O)N3CCOCC3)c(N)c2)n1. The Morgan fingerprint density at radius 1 is 1.16 bits per heavy atom. The van der Waals surface area contributed by atoms with Gasteiger partial charge < -0.3 is 25.3 Å². The molecule has 44 heavy (non-hydrogen) atoms. The molecule has 0 bridgehead atoms. The van der Waals surface area contributed by atoms with Gasteiger partial charge in [0, 0.05) is 54.6 Å². The summed E-state index contributed by atoms with van der Waals surface area (Å²) in [4.78, 5) is 48.0. The van der Waals surface area contributed by atoms with E-state index in [0.717, 1.165) is 34.4 Å². The van der Waals surface area contributed by atoms with Crippen LogP contribution in [0.15, 0.2) is 53.5 Å². The van der Waals surface area contributed by atoms with Crippen LogP contribution in [-0.2, 0) is 31.0 Å². The van der Waals surface area contributed by atoms with E-state index in [1.165, 1.54) is 21.4 Å². The molecule has 0 saturated carbocycles. The van der Waals surface area contributed by atoms with Crippen LogP contribution in [0.1, 0.15) is 54.9 Å². The normalized spacial score (nSPS) is 16.4. The van der Waals surface area contributed by atoms with Crippen LogP contribution in [0.5, 0.6) is 0 Å². The number of carbonyl (C=O) groups excluding carboxylic acids is 2. The second-order valence-electron chi connectivity index (χ2n) is 11.8. The quantitative estimate of drug-likeness (QED) is 0.219. The Kier molecular flexibility index (Phi) is 8.38. The molecule has 10 heteroatoms. The summed E-state index contributed by atoms with van der Waals surface area (Å²) in [5.41, 5.74) is 11.9. The van der Waals surface area contributed by atoms with Crippen molar-refractivity contribution >= 4 is 40.2 Å². The highest BCUT2D eigenvalue weighted by Gasteiger charge is 2.23. The van der Waals surface area contributed by atoms with Gasteiger partial charge in [-0.25, -0.2) is 4.98 Å². The zero-order chi connectivity index (χ0) is 31.0. The zero-order valence-corrected chi connectivity index (χ0v) is 26.1. The number of nitrogens with one attached hydrogen (secondary N) is 1. The summed E-state index contributed by atoms with van der Waals surface area (Å²) in [7, 11) is 1.68. The third-order valence-electron chi connectivity index (χ3n) is 8.59. The standard InChI is InChI=1S/C34H37N5O4S/c1-20-7-10-30-23(15-20)17-31(44-30)29(40)16-22-5-4-6-25(21(22)2)28-19-38(3)34(42)32(37-28)36-24-8-9-26(27(35)18-24)33(41)39-11-13-43-14-12-39/h4-6,8-9,17-20H,7,10-16,35H2,1-3H3,(H,36,37). The van der Waals surface area contributed by atoms with Crippen LogP contribution in [-0.4, -0.2) is 52.4 Å². The van der Waals surface area contributed by atoms with Crippen molar-refractivity contribution < 1.29 is 14.3 Å². The number of nitrogens with zero attached hydrogens (tertiary/aromatic N) is 3. The van der Waals surface area contributed by atoms with Crippen molar-refractivity contribution in [1.82, 2.24) is 14.5 Å². The van der Waals surface area contributed by atoms with Crippen LogP contribution >= 0.6 is 11.3 Å². The van der Waals surface area contributed by atoms with Crippen molar-refractivity contribution in [2.75, 3.05) is 37.4 Å². The number of aryl methyl sites for hydroxylation is 2. The molecule has 1 unspecified atom stereocenters. The molecule has 2 aromatic heterocycles. The summed E-state index contributed by atoms with van der Waals surface area (Å²) >= 11 is 1.64. The maximum absolute atomic E-state index is 13.4. The monoisotopic (exact) mass is 611 g/mol. The molecular formula is C34H37N5O4S. The maximum Gasteiger partial charge on any atom is 0.293 e. The first-order valence-electron chi connectivity index (χ1n) is 15.0. The number of benzene rings is 2. The van der Waals surface area contributed by atoms with E-state index < -0.39 is 0 Å². The minimum absolute atomic E-state index is 0.126. The highest BCUT2D eigenvalue weighted by molar-refractivity contribution is 7.14. The van der Waals surface area contributed by atoms with E-state index in [4.69, 9.17) is 15.5 Å². The zero-order valence-electron chi connectivity index (χ0n) is 25.3. The number of anilines is 3. The average Bonchev–Trinajstić information content (AvgIpc) is 3.44. The van der Waals surface area contributed by atoms with E-state index in [0.29, 0.717) is 61.3 Å². The van der Waals surface area contributed by atoms with Crippen LogP contribution in [0.2, 0.25) is 0 Å². The van der Waals surface area contributed by atoms with Gasteiger partial charge >= 0.3 is 0 Å². The molecule has 1 saturated heterocycles. The van der Waals surface area contributed by atoms with Crippen molar-refractivity contribution in [3.63, 3.8) is 0 Å². The second-order valence-corrected chi connectivity index (χ2v) is 13.0. The number of nitrogens with two attached hydrogens (primary N) is 1. The Morgan fingerprint density at radius 3 is 2.73 bits per heavy atom. The summed E-state index contributed by atoms with van der Waals surface area (Å²) in [6.07, 6.45) is 5.29. The lowest BCUT2D eigenvalue weighted by molar-refractivity contribution is 0.0303. The number of ether oxygens (including phenoxy) is 1. The molecule has 3 heterocycles. The number of amides is 1. The Balaban J connectivity index is 1.23. The molecule has 9 nitrogen and oxygen atoms in total. The van der Waals surface area contributed by atoms with Gasteiger partial charge in [0.15, 0.2) is 11.6 Å². The minimum Gasteiger partial charge on any atom is -0.398 e. The number of hydrogen-bond donors (Lipinski definition) is 2. The predicted octanol–water partition coefficient (Wildman–Crippen LogP) is 5.17. The topological polar surface area (TPSA) is 120 Å². The Morgan fingerprint density at radius 2 is 1.95 bits per heavy atom. The summed E-state index contributed by atoms with van der Waals surface area (Å²) in [5, 5.41) is 3.10. The molecule has 1 aliphatic carbocycles. The van der Waals surface area contributed by atoms with Gasteiger partial charge in [0.1, 0.15) is 0 Å². The molecule has 1 atom stereocenters. The number of hydrogen-bond acceptors (Lipinski definition) is 8. The van der Waals surface area contributed by atoms with Crippen LogP contribution in [0.25, 0.3) is 11.3 Å². The van der Waals surface area contributed by atoms with Gasteiger partial charge in [-0.2, -0.15) is 0 Å². The number of aromatic nitrogens is 2. The molecule has 1 fully saturated rings. The van der Waals surface area contributed by atoms with Crippen LogP contribution in [0, 0.1) is 12.8 Å². The van der Waals surface area contributed by atoms with Crippen molar-refractivity contribution in [3.05, 3.63) is 91.0 Å². The van der Waals surface area contributed by atoms with E-state index in [1.54, 1.807) is 47.7 Å². The summed E-state index contributed by atoms with van der Waals surface area (Å²) in [6, 6.07) is 13.0. The highest BCUT2D eigenvalue weighted by Crippen LogP contribution is 2.33. The molecule has 228 valence electrons. The molecule has 3 N–H and O–H groups in total. The largest absolute Gasteiger partial charge is 0.398 e. The molecule has 2 aromatic carbocycles. The van der Waals surface area contributed by atoms with E-state index in [1.807, 2.05) is 25.1 Å². The third-order valence-corrected chi connectivity index (χ3v) is 9.87. The number of fused-ring (bicyclic) bond motifs is 1. The molecule has 6 rings (SSSR count). The van der Waals surface area contributed by atoms with Gasteiger partial charge in [-0.1, -0.05) is 25.1 Å². The van der Waals surface area contributed by atoms with E-state index in [-0.39, 0.29) is 23.1 Å². The second kappa shape index (κ2) is 12.4. The van der Waals surface area contributed by atoms with E-state index >= 15 is 0 Å². The van der Waals surface area contributed by atoms with Crippen LogP contribution in [0.3, 0.4) is 0 Å². The van der Waals surface area contributed by atoms with Gasteiger partial charge in [-0.05, 0) is 73.1 Å². The fourth-order valence-electron chi connectivity index (χ4n) is 5.98. The smallest absolute Gasteiger partial charge is 0.293 e. The number of Topliss-reactive ketones (excluding diaryl/α,β-unsaturated/α-hetero) is 1. The van der Waals surface area contributed by atoms with Gasteiger partial charge in [-0.3, -0.25) is 14.4 Å². The molecular weight excluding hydrogens is 574 g/mol. The summed E-state index contributed by atoms with van der Waals surface area (Å²) < 4.78 is 6.83.